The molecule has 84 valence electrons. The van der Waals surface area contributed by atoms with E-state index in [0.717, 1.165) is 5.56 Å². The van der Waals surface area contributed by atoms with Gasteiger partial charge < -0.3 is 10.4 Å². The van der Waals surface area contributed by atoms with Crippen molar-refractivity contribution in [2.24, 2.45) is 0 Å². The smallest absolute Gasteiger partial charge is 0.238 e. The lowest BCUT2D eigenvalue weighted by molar-refractivity contribution is -0.115. The van der Waals surface area contributed by atoms with Crippen LogP contribution in [0.25, 0.3) is 0 Å². The van der Waals surface area contributed by atoms with Crippen molar-refractivity contribution in [1.82, 2.24) is 0 Å². The van der Waals surface area contributed by atoms with Crippen molar-refractivity contribution in [1.29, 1.82) is 5.26 Å². The molecule has 1 aromatic rings. The Morgan fingerprint density at radius 2 is 2.25 bits per heavy atom. The number of rotatable bonds is 3. The highest BCUT2D eigenvalue weighted by molar-refractivity contribution is 5.93. The molecule has 4 nitrogen and oxygen atoms in total. The van der Waals surface area contributed by atoms with E-state index >= 15 is 0 Å². The van der Waals surface area contributed by atoms with Crippen molar-refractivity contribution >= 4 is 11.6 Å². The number of nitrogens with one attached hydrogen (secondary N) is 1. The highest BCUT2D eigenvalue weighted by Crippen LogP contribution is 2.27. The van der Waals surface area contributed by atoms with Crippen molar-refractivity contribution in [2.45, 2.75) is 26.2 Å². The van der Waals surface area contributed by atoms with Crippen molar-refractivity contribution < 1.29 is 9.90 Å². The Morgan fingerprint density at radius 1 is 1.56 bits per heavy atom. The first-order chi connectivity index (χ1) is 7.54. The molecule has 0 saturated heterocycles. The minimum atomic E-state index is -0.418. The first kappa shape index (κ1) is 12.1. The molecule has 0 spiro atoms. The highest BCUT2D eigenvalue weighted by Gasteiger charge is 2.08. The summed E-state index contributed by atoms with van der Waals surface area (Å²) in [4.78, 5) is 11.2. The Balaban J connectivity index is 2.91. The Morgan fingerprint density at radius 3 is 2.81 bits per heavy atom. The largest absolute Gasteiger partial charge is 0.506 e. The molecule has 0 unspecified atom stereocenters. The number of hydrogen-bond acceptors (Lipinski definition) is 3. The molecule has 0 bridgehead atoms. The fourth-order valence-corrected chi connectivity index (χ4v) is 1.28. The van der Waals surface area contributed by atoms with Crippen LogP contribution in [0.15, 0.2) is 18.2 Å². The molecule has 0 atom stereocenters. The molecule has 0 aliphatic rings. The summed E-state index contributed by atoms with van der Waals surface area (Å²) in [6, 6.07) is 6.81. The van der Waals surface area contributed by atoms with Crippen LogP contribution in [-0.2, 0) is 4.79 Å². The Kier molecular flexibility index (Phi) is 3.90. The lowest BCUT2D eigenvalue weighted by Crippen LogP contribution is -2.10. The van der Waals surface area contributed by atoms with E-state index < -0.39 is 5.91 Å². The summed E-state index contributed by atoms with van der Waals surface area (Å²) in [5.74, 6) is -0.0957. The number of anilines is 1. The first-order valence-electron chi connectivity index (χ1n) is 5.04. The van der Waals surface area contributed by atoms with Crippen LogP contribution >= 0.6 is 0 Å². The third kappa shape index (κ3) is 2.99. The van der Waals surface area contributed by atoms with Gasteiger partial charge in [0.15, 0.2) is 0 Å². The molecule has 0 aliphatic carbocycles. The van der Waals surface area contributed by atoms with E-state index in [1.165, 1.54) is 6.07 Å². The van der Waals surface area contributed by atoms with Gasteiger partial charge in [-0.2, -0.15) is 5.26 Å². The number of nitriles is 1. The van der Waals surface area contributed by atoms with Crippen molar-refractivity contribution in [3.63, 3.8) is 0 Å². The van der Waals surface area contributed by atoms with E-state index in [1.807, 2.05) is 13.8 Å². The van der Waals surface area contributed by atoms with Crippen LogP contribution in [0.2, 0.25) is 0 Å². The zero-order chi connectivity index (χ0) is 12.1. The molecular formula is C12H14N2O2. The number of hydrogen-bond donors (Lipinski definition) is 2. The van der Waals surface area contributed by atoms with Gasteiger partial charge in [-0.15, -0.1) is 0 Å². The molecular weight excluding hydrogens is 204 g/mol. The Bertz CT molecular complexity index is 433. The third-order valence-electron chi connectivity index (χ3n) is 2.20. The predicted octanol–water partition coefficient (Wildman–Crippen LogP) is 2.37. The summed E-state index contributed by atoms with van der Waals surface area (Å²) in [6.07, 6.45) is -0.217. The number of aromatic hydroxyl groups is 1. The second kappa shape index (κ2) is 5.17. The van der Waals surface area contributed by atoms with Crippen molar-refractivity contribution in [3.8, 4) is 11.8 Å². The number of carbonyl (C=O) groups excluding carboxylic acids is 1. The van der Waals surface area contributed by atoms with E-state index in [-0.39, 0.29) is 12.2 Å². The van der Waals surface area contributed by atoms with Gasteiger partial charge in [0, 0.05) is 0 Å². The predicted molar refractivity (Wildman–Crippen MR) is 61.1 cm³/mol. The van der Waals surface area contributed by atoms with Gasteiger partial charge in [0.2, 0.25) is 5.91 Å². The fraction of sp³-hybridized carbons (Fsp3) is 0.333. The normalized spacial score (nSPS) is 9.88. The van der Waals surface area contributed by atoms with Gasteiger partial charge in [-0.1, -0.05) is 19.9 Å². The van der Waals surface area contributed by atoms with E-state index in [9.17, 15) is 9.90 Å². The maximum atomic E-state index is 11.2. The topological polar surface area (TPSA) is 73.1 Å². The summed E-state index contributed by atoms with van der Waals surface area (Å²) in [7, 11) is 0. The average Bonchev–Trinajstić information content (AvgIpc) is 2.21. The van der Waals surface area contributed by atoms with E-state index in [4.69, 9.17) is 5.26 Å². The summed E-state index contributed by atoms with van der Waals surface area (Å²) in [5, 5.41) is 20.4. The van der Waals surface area contributed by atoms with E-state index in [0.29, 0.717) is 11.6 Å². The molecule has 0 aromatic heterocycles. The van der Waals surface area contributed by atoms with Crippen LogP contribution in [-0.4, -0.2) is 11.0 Å². The molecule has 0 heterocycles. The lowest BCUT2D eigenvalue weighted by atomic mass is 10.0. The van der Waals surface area contributed by atoms with Crippen LogP contribution in [0, 0.1) is 11.3 Å². The van der Waals surface area contributed by atoms with Gasteiger partial charge in [-0.05, 0) is 23.6 Å². The van der Waals surface area contributed by atoms with Crippen molar-refractivity contribution in [2.75, 3.05) is 5.32 Å². The number of carbonyl (C=O) groups is 1. The maximum Gasteiger partial charge on any atom is 0.238 e. The van der Waals surface area contributed by atoms with Crippen LogP contribution < -0.4 is 5.32 Å². The minimum absolute atomic E-state index is 0.00990. The first-order valence-corrected chi connectivity index (χ1v) is 5.04. The zero-order valence-corrected chi connectivity index (χ0v) is 9.32. The van der Waals surface area contributed by atoms with Crippen LogP contribution in [0.4, 0.5) is 5.69 Å². The van der Waals surface area contributed by atoms with E-state index in [1.54, 1.807) is 18.2 Å². The molecule has 1 rings (SSSR count). The van der Waals surface area contributed by atoms with Gasteiger partial charge >= 0.3 is 0 Å². The second-order valence-electron chi connectivity index (χ2n) is 3.81. The van der Waals surface area contributed by atoms with Crippen molar-refractivity contribution in [3.05, 3.63) is 23.8 Å². The summed E-state index contributed by atoms with van der Waals surface area (Å²) < 4.78 is 0. The van der Waals surface area contributed by atoms with Crippen LogP contribution in [0.3, 0.4) is 0 Å². The minimum Gasteiger partial charge on any atom is -0.506 e. The quantitative estimate of drug-likeness (QED) is 0.765. The van der Waals surface area contributed by atoms with Gasteiger partial charge in [-0.3, -0.25) is 4.79 Å². The van der Waals surface area contributed by atoms with Gasteiger partial charge in [0.25, 0.3) is 0 Å². The van der Waals surface area contributed by atoms with Crippen LogP contribution in [0.5, 0.6) is 5.75 Å². The molecule has 0 saturated carbocycles. The Hall–Kier alpha value is -2.02. The summed E-state index contributed by atoms with van der Waals surface area (Å²) >= 11 is 0. The SMILES string of the molecule is CC(C)c1ccc(O)c(NC(=O)CC#N)c1. The number of amides is 1. The standard InChI is InChI=1S/C12H14N2O2/c1-8(2)9-3-4-11(15)10(7-9)14-12(16)5-6-13/h3-4,7-8,15H,5H2,1-2H3,(H,14,16). The molecule has 16 heavy (non-hydrogen) atoms. The van der Waals surface area contributed by atoms with Gasteiger partial charge in [0.1, 0.15) is 12.2 Å². The van der Waals surface area contributed by atoms with Gasteiger partial charge in [-0.25, -0.2) is 0 Å². The molecule has 4 heteroatoms. The molecule has 1 aromatic carbocycles. The van der Waals surface area contributed by atoms with E-state index in [2.05, 4.69) is 5.32 Å². The molecule has 1 amide bonds. The zero-order valence-electron chi connectivity index (χ0n) is 9.32. The second-order valence-corrected chi connectivity index (χ2v) is 3.81. The molecule has 0 fully saturated rings. The number of phenolic OH excluding ortho intramolecular Hbond substituents is 1. The number of benzene rings is 1. The van der Waals surface area contributed by atoms with Crippen LogP contribution in [0.1, 0.15) is 31.7 Å². The molecule has 0 radical (unpaired) electrons. The fourth-order valence-electron chi connectivity index (χ4n) is 1.28. The lowest BCUT2D eigenvalue weighted by Gasteiger charge is -2.10. The molecule has 2 N–H and O–H groups in total. The number of phenols is 1. The third-order valence-corrected chi connectivity index (χ3v) is 2.20. The average molecular weight is 218 g/mol. The summed E-state index contributed by atoms with van der Waals surface area (Å²) in [5.41, 5.74) is 1.37. The van der Waals surface area contributed by atoms with Gasteiger partial charge in [0.05, 0.1) is 11.8 Å². The maximum absolute atomic E-state index is 11.2. The highest BCUT2D eigenvalue weighted by atomic mass is 16.3. The monoisotopic (exact) mass is 218 g/mol. The molecule has 0 aliphatic heterocycles. The summed E-state index contributed by atoms with van der Waals surface area (Å²) in [6.45, 7) is 4.04. The number of nitrogens with zero attached hydrogens (tertiary/aromatic N) is 1. The Labute approximate surface area is 94.5 Å².